The first-order valence-corrected chi connectivity index (χ1v) is 7.10. The Morgan fingerprint density at radius 2 is 2.36 bits per heavy atom. The number of benzene rings is 1. The molecule has 0 N–H and O–H groups in total. The molecule has 0 unspecified atom stereocenters. The van der Waals surface area contributed by atoms with Crippen molar-refractivity contribution in [3.8, 4) is 6.07 Å². The van der Waals surface area contributed by atoms with Gasteiger partial charge in [0.25, 0.3) is 0 Å². The van der Waals surface area contributed by atoms with Gasteiger partial charge in [0, 0.05) is 18.6 Å². The quantitative estimate of drug-likeness (QED) is 0.580. The molecule has 0 fully saturated rings. The Balaban J connectivity index is 2.89. The molecule has 0 bridgehead atoms. The molecule has 1 aromatic carbocycles. The van der Waals surface area contributed by atoms with Crippen molar-refractivity contribution in [2.45, 2.75) is 4.90 Å². The maximum atomic E-state index is 9.10. The average Bonchev–Trinajstić information content (AvgIpc) is 2.64. The summed E-state index contributed by atoms with van der Waals surface area (Å²) in [6.45, 7) is 0. The van der Waals surface area contributed by atoms with Crippen molar-refractivity contribution in [3.63, 3.8) is 0 Å². The van der Waals surface area contributed by atoms with Crippen LogP contribution in [-0.2, 0) is 0 Å². The molecule has 0 saturated heterocycles. The van der Waals surface area contributed by atoms with Crippen molar-refractivity contribution in [2.75, 3.05) is 6.26 Å². The van der Waals surface area contributed by atoms with Crippen LogP contribution in [-0.4, -0.2) is 6.26 Å². The fourth-order valence-corrected chi connectivity index (χ4v) is 3.97. The molecular weight excluding hydrogens is 325 g/mol. The lowest BCUT2D eigenvalue weighted by Crippen LogP contribution is -1.85. The summed E-state index contributed by atoms with van der Waals surface area (Å²) in [6, 6.07) is 6.46. The van der Waals surface area contributed by atoms with E-state index >= 15 is 0 Å². The van der Waals surface area contributed by atoms with Gasteiger partial charge in [0.1, 0.15) is 6.07 Å². The van der Waals surface area contributed by atoms with Crippen LogP contribution in [0.25, 0.3) is 10.1 Å². The molecule has 0 radical (unpaired) electrons. The molecule has 14 heavy (non-hydrogen) atoms. The number of thiophene rings is 1. The second-order valence-electron chi connectivity index (χ2n) is 2.71. The molecule has 0 spiro atoms. The van der Waals surface area contributed by atoms with Crippen molar-refractivity contribution >= 4 is 55.8 Å². The molecule has 2 rings (SSSR count). The monoisotopic (exact) mass is 331 g/mol. The minimum absolute atomic E-state index is 0.814. The Morgan fingerprint density at radius 3 is 3.00 bits per heavy atom. The maximum Gasteiger partial charge on any atom is 0.101 e. The van der Waals surface area contributed by atoms with Gasteiger partial charge in [-0.05, 0) is 46.4 Å². The van der Waals surface area contributed by atoms with E-state index in [1.54, 1.807) is 23.1 Å². The predicted molar refractivity (Wildman–Crippen MR) is 71.0 cm³/mol. The van der Waals surface area contributed by atoms with E-state index in [1.807, 2.05) is 17.7 Å². The van der Waals surface area contributed by atoms with E-state index in [-0.39, 0.29) is 0 Å². The lowest BCUT2D eigenvalue weighted by Gasteiger charge is -2.03. The van der Waals surface area contributed by atoms with Crippen LogP contribution in [0.4, 0.5) is 0 Å². The molecule has 70 valence electrons. The molecule has 0 saturated carbocycles. The molecule has 0 aliphatic heterocycles. The van der Waals surface area contributed by atoms with Crippen LogP contribution < -0.4 is 0 Å². The SMILES string of the molecule is CSc1cc2sccc2c(C#N)c1I. The van der Waals surface area contributed by atoms with Gasteiger partial charge in [-0.3, -0.25) is 0 Å². The smallest absolute Gasteiger partial charge is 0.101 e. The van der Waals surface area contributed by atoms with E-state index < -0.39 is 0 Å². The second-order valence-corrected chi connectivity index (χ2v) is 5.59. The topological polar surface area (TPSA) is 23.8 Å². The minimum Gasteiger partial charge on any atom is -0.192 e. The first kappa shape index (κ1) is 10.3. The third kappa shape index (κ3) is 1.53. The Morgan fingerprint density at radius 1 is 1.57 bits per heavy atom. The van der Waals surface area contributed by atoms with Gasteiger partial charge >= 0.3 is 0 Å². The summed E-state index contributed by atoms with van der Waals surface area (Å²) >= 11 is 5.63. The molecule has 1 aromatic heterocycles. The van der Waals surface area contributed by atoms with Gasteiger partial charge < -0.3 is 0 Å². The highest BCUT2D eigenvalue weighted by Gasteiger charge is 2.10. The van der Waals surface area contributed by atoms with E-state index in [2.05, 4.69) is 34.7 Å². The van der Waals surface area contributed by atoms with Crippen molar-refractivity contribution in [2.24, 2.45) is 0 Å². The Hall–Kier alpha value is -0.250. The van der Waals surface area contributed by atoms with Crippen LogP contribution in [0.3, 0.4) is 0 Å². The maximum absolute atomic E-state index is 9.10. The Kier molecular flexibility index (Phi) is 3.00. The van der Waals surface area contributed by atoms with Crippen molar-refractivity contribution < 1.29 is 0 Å². The van der Waals surface area contributed by atoms with Gasteiger partial charge in [-0.2, -0.15) is 5.26 Å². The Labute approximate surface area is 104 Å². The van der Waals surface area contributed by atoms with Gasteiger partial charge in [0.05, 0.1) is 5.56 Å². The average molecular weight is 331 g/mol. The lowest BCUT2D eigenvalue weighted by molar-refractivity contribution is 1.40. The van der Waals surface area contributed by atoms with E-state index in [0.717, 1.165) is 14.5 Å². The molecule has 4 heteroatoms. The lowest BCUT2D eigenvalue weighted by atomic mass is 10.1. The summed E-state index contributed by atoms with van der Waals surface area (Å²) < 4.78 is 2.27. The van der Waals surface area contributed by atoms with E-state index in [0.29, 0.717) is 0 Å². The van der Waals surface area contributed by atoms with Crippen molar-refractivity contribution in [1.82, 2.24) is 0 Å². The zero-order valence-electron chi connectivity index (χ0n) is 7.37. The third-order valence-corrected chi connectivity index (χ3v) is 5.11. The van der Waals surface area contributed by atoms with Crippen LogP contribution in [0, 0.1) is 14.9 Å². The van der Waals surface area contributed by atoms with Gasteiger partial charge in [-0.1, -0.05) is 0 Å². The zero-order chi connectivity index (χ0) is 10.1. The third-order valence-electron chi connectivity index (χ3n) is 1.99. The van der Waals surface area contributed by atoms with Gasteiger partial charge in [-0.25, -0.2) is 0 Å². The van der Waals surface area contributed by atoms with Crippen molar-refractivity contribution in [1.29, 1.82) is 5.26 Å². The van der Waals surface area contributed by atoms with Crippen LogP contribution in [0.1, 0.15) is 5.56 Å². The zero-order valence-corrected chi connectivity index (χ0v) is 11.2. The van der Waals surface area contributed by atoms with Crippen LogP contribution in [0.15, 0.2) is 22.4 Å². The first-order chi connectivity index (χ1) is 6.77. The van der Waals surface area contributed by atoms with Crippen LogP contribution >= 0.6 is 45.7 Å². The summed E-state index contributed by atoms with van der Waals surface area (Å²) in [6.07, 6.45) is 2.04. The molecular formula is C10H6INS2. The predicted octanol–water partition coefficient (Wildman–Crippen LogP) is 4.10. The molecule has 2 aromatic rings. The summed E-state index contributed by atoms with van der Waals surface area (Å²) in [4.78, 5) is 1.19. The molecule has 0 atom stereocenters. The number of hydrogen-bond donors (Lipinski definition) is 0. The summed E-state index contributed by atoms with van der Waals surface area (Å²) in [5.41, 5.74) is 0.814. The van der Waals surface area contributed by atoms with Gasteiger partial charge in [0.15, 0.2) is 0 Å². The van der Waals surface area contributed by atoms with Gasteiger partial charge in [-0.15, -0.1) is 23.1 Å². The summed E-state index contributed by atoms with van der Waals surface area (Å²) in [5, 5.41) is 12.2. The molecule has 1 heterocycles. The van der Waals surface area contributed by atoms with E-state index in [4.69, 9.17) is 5.26 Å². The normalized spacial score (nSPS) is 10.4. The van der Waals surface area contributed by atoms with Crippen molar-refractivity contribution in [3.05, 3.63) is 26.6 Å². The highest BCUT2D eigenvalue weighted by molar-refractivity contribution is 14.1. The molecule has 0 aliphatic carbocycles. The van der Waals surface area contributed by atoms with E-state index in [9.17, 15) is 0 Å². The fraction of sp³-hybridized carbons (Fsp3) is 0.100. The highest BCUT2D eigenvalue weighted by atomic mass is 127. The number of fused-ring (bicyclic) bond motifs is 1. The molecule has 0 amide bonds. The Bertz CT molecular complexity index is 525. The molecule has 0 aliphatic rings. The first-order valence-electron chi connectivity index (χ1n) is 3.91. The number of hydrogen-bond acceptors (Lipinski definition) is 3. The number of halogens is 1. The highest BCUT2D eigenvalue weighted by Crippen LogP contribution is 2.34. The minimum atomic E-state index is 0.814. The fourth-order valence-electron chi connectivity index (χ4n) is 1.32. The number of nitriles is 1. The standard InChI is InChI=1S/C10H6INS2/c1-13-9-4-8-6(2-3-14-8)7(5-12)10(9)11/h2-4H,1H3. The van der Waals surface area contributed by atoms with E-state index in [1.165, 1.54) is 9.60 Å². The number of thioether (sulfide) groups is 1. The number of rotatable bonds is 1. The largest absolute Gasteiger partial charge is 0.192 e. The summed E-state index contributed by atoms with van der Waals surface area (Å²) in [7, 11) is 0. The van der Waals surface area contributed by atoms with Crippen LogP contribution in [0.5, 0.6) is 0 Å². The van der Waals surface area contributed by atoms with Crippen LogP contribution in [0.2, 0.25) is 0 Å². The number of nitrogens with zero attached hydrogens (tertiary/aromatic N) is 1. The van der Waals surface area contributed by atoms with Gasteiger partial charge in [0.2, 0.25) is 0 Å². The second kappa shape index (κ2) is 4.09. The molecule has 1 nitrogen and oxygen atoms in total. The summed E-state index contributed by atoms with van der Waals surface area (Å²) in [5.74, 6) is 0.